The summed E-state index contributed by atoms with van der Waals surface area (Å²) in [5.41, 5.74) is 0.488. The van der Waals surface area contributed by atoms with E-state index in [0.717, 1.165) is 6.42 Å². The van der Waals surface area contributed by atoms with Crippen LogP contribution in [0, 0.1) is 0 Å². The predicted octanol–water partition coefficient (Wildman–Crippen LogP) is 3.25. The SMILES string of the molecule is CCCCCC(C)Nc1ncccc1C(=O)OC. The van der Waals surface area contributed by atoms with Crippen LogP contribution in [-0.4, -0.2) is 24.1 Å². The number of carbonyl (C=O) groups excluding carboxylic acids is 1. The molecule has 0 spiro atoms. The van der Waals surface area contributed by atoms with E-state index in [4.69, 9.17) is 4.74 Å². The van der Waals surface area contributed by atoms with Gasteiger partial charge in [-0.3, -0.25) is 0 Å². The first-order valence-electron chi connectivity index (χ1n) is 6.49. The number of hydrogen-bond donors (Lipinski definition) is 1. The Morgan fingerprint density at radius 3 is 2.94 bits per heavy atom. The summed E-state index contributed by atoms with van der Waals surface area (Å²) in [6.07, 6.45) is 6.38. The summed E-state index contributed by atoms with van der Waals surface area (Å²) in [4.78, 5) is 15.8. The van der Waals surface area contributed by atoms with Crippen molar-refractivity contribution in [2.24, 2.45) is 0 Å². The molecule has 0 bridgehead atoms. The molecule has 0 aliphatic rings. The normalized spacial score (nSPS) is 11.9. The van der Waals surface area contributed by atoms with Gasteiger partial charge in [-0.15, -0.1) is 0 Å². The van der Waals surface area contributed by atoms with Crippen molar-refractivity contribution in [2.75, 3.05) is 12.4 Å². The van der Waals surface area contributed by atoms with Crippen molar-refractivity contribution in [1.82, 2.24) is 4.98 Å². The second-order valence-corrected chi connectivity index (χ2v) is 4.43. The Morgan fingerprint density at radius 1 is 1.50 bits per heavy atom. The lowest BCUT2D eigenvalue weighted by Crippen LogP contribution is -2.18. The van der Waals surface area contributed by atoms with Crippen LogP contribution in [0.2, 0.25) is 0 Å². The second-order valence-electron chi connectivity index (χ2n) is 4.43. The fourth-order valence-electron chi connectivity index (χ4n) is 1.80. The summed E-state index contributed by atoms with van der Waals surface area (Å²) in [7, 11) is 1.38. The predicted molar refractivity (Wildman–Crippen MR) is 72.8 cm³/mol. The number of anilines is 1. The molecule has 4 heteroatoms. The molecule has 1 atom stereocenters. The maximum Gasteiger partial charge on any atom is 0.341 e. The van der Waals surface area contributed by atoms with Crippen LogP contribution in [-0.2, 0) is 4.74 Å². The van der Waals surface area contributed by atoms with Crippen molar-refractivity contribution < 1.29 is 9.53 Å². The number of esters is 1. The number of carbonyl (C=O) groups is 1. The van der Waals surface area contributed by atoms with Gasteiger partial charge in [-0.1, -0.05) is 26.2 Å². The highest BCUT2D eigenvalue weighted by Gasteiger charge is 2.13. The van der Waals surface area contributed by atoms with Crippen molar-refractivity contribution >= 4 is 11.8 Å². The number of aromatic nitrogens is 1. The molecular weight excluding hydrogens is 228 g/mol. The highest BCUT2D eigenvalue weighted by molar-refractivity contribution is 5.94. The maximum absolute atomic E-state index is 11.6. The molecule has 4 nitrogen and oxygen atoms in total. The Morgan fingerprint density at radius 2 is 2.28 bits per heavy atom. The van der Waals surface area contributed by atoms with Gasteiger partial charge in [0, 0.05) is 12.2 Å². The maximum atomic E-state index is 11.6. The Labute approximate surface area is 109 Å². The fraction of sp³-hybridized carbons (Fsp3) is 0.571. The number of methoxy groups -OCH3 is 1. The molecule has 18 heavy (non-hydrogen) atoms. The van der Waals surface area contributed by atoms with Crippen LogP contribution in [0.15, 0.2) is 18.3 Å². The molecule has 1 aromatic heterocycles. The van der Waals surface area contributed by atoms with E-state index in [2.05, 4.69) is 24.1 Å². The van der Waals surface area contributed by atoms with E-state index < -0.39 is 0 Å². The third-order valence-corrected chi connectivity index (χ3v) is 2.84. The topological polar surface area (TPSA) is 51.2 Å². The number of ether oxygens (including phenoxy) is 1. The summed E-state index contributed by atoms with van der Waals surface area (Å²) in [5.74, 6) is 0.250. The molecule has 0 aromatic carbocycles. The summed E-state index contributed by atoms with van der Waals surface area (Å²) in [6.45, 7) is 4.29. The van der Waals surface area contributed by atoms with Gasteiger partial charge in [0.15, 0.2) is 0 Å². The highest BCUT2D eigenvalue weighted by atomic mass is 16.5. The lowest BCUT2D eigenvalue weighted by molar-refractivity contribution is 0.0601. The summed E-state index contributed by atoms with van der Waals surface area (Å²) in [6, 6.07) is 3.76. The fourth-order valence-corrected chi connectivity index (χ4v) is 1.80. The molecule has 1 N–H and O–H groups in total. The molecule has 0 fully saturated rings. The van der Waals surface area contributed by atoms with Gasteiger partial charge in [-0.25, -0.2) is 9.78 Å². The minimum Gasteiger partial charge on any atom is -0.465 e. The first-order valence-corrected chi connectivity index (χ1v) is 6.49. The highest BCUT2D eigenvalue weighted by Crippen LogP contribution is 2.15. The zero-order valence-corrected chi connectivity index (χ0v) is 11.4. The van der Waals surface area contributed by atoms with Crippen LogP contribution in [0.4, 0.5) is 5.82 Å². The minimum atomic E-state index is -0.355. The first-order chi connectivity index (χ1) is 8.69. The van der Waals surface area contributed by atoms with Crippen LogP contribution < -0.4 is 5.32 Å². The molecule has 0 amide bonds. The molecular formula is C14H22N2O2. The quantitative estimate of drug-likeness (QED) is 0.596. The monoisotopic (exact) mass is 250 g/mol. The van der Waals surface area contributed by atoms with Gasteiger partial charge >= 0.3 is 5.97 Å². The Bertz CT molecular complexity index is 380. The molecule has 1 aromatic rings. The van der Waals surface area contributed by atoms with Gasteiger partial charge in [-0.05, 0) is 25.5 Å². The molecule has 0 radical (unpaired) electrons. The van der Waals surface area contributed by atoms with Gasteiger partial charge in [0.25, 0.3) is 0 Å². The number of pyridine rings is 1. The molecule has 100 valence electrons. The van der Waals surface area contributed by atoms with E-state index in [1.807, 2.05) is 0 Å². The average Bonchev–Trinajstić information content (AvgIpc) is 2.39. The van der Waals surface area contributed by atoms with E-state index in [9.17, 15) is 4.79 Å². The summed E-state index contributed by atoms with van der Waals surface area (Å²) < 4.78 is 4.74. The number of nitrogens with zero attached hydrogens (tertiary/aromatic N) is 1. The number of hydrogen-bond acceptors (Lipinski definition) is 4. The third-order valence-electron chi connectivity index (χ3n) is 2.84. The molecule has 1 unspecified atom stereocenters. The number of rotatable bonds is 7. The van der Waals surface area contributed by atoms with Crippen molar-refractivity contribution in [1.29, 1.82) is 0 Å². The van der Waals surface area contributed by atoms with Gasteiger partial charge in [0.05, 0.1) is 7.11 Å². The lowest BCUT2D eigenvalue weighted by Gasteiger charge is -2.16. The van der Waals surface area contributed by atoms with Crippen molar-refractivity contribution in [3.05, 3.63) is 23.9 Å². The third kappa shape index (κ3) is 4.35. The van der Waals surface area contributed by atoms with Gasteiger partial charge in [-0.2, -0.15) is 0 Å². The van der Waals surface area contributed by atoms with Gasteiger partial charge in [0.2, 0.25) is 0 Å². The Balaban J connectivity index is 2.63. The summed E-state index contributed by atoms with van der Waals surface area (Å²) in [5, 5.41) is 3.27. The van der Waals surface area contributed by atoms with E-state index in [-0.39, 0.29) is 5.97 Å². The molecule has 1 rings (SSSR count). The largest absolute Gasteiger partial charge is 0.465 e. The summed E-state index contributed by atoms with van der Waals surface area (Å²) >= 11 is 0. The van der Waals surface area contributed by atoms with Crippen LogP contribution >= 0.6 is 0 Å². The Hall–Kier alpha value is -1.58. The molecule has 0 saturated heterocycles. The molecule has 1 heterocycles. The molecule has 0 saturated carbocycles. The zero-order valence-electron chi connectivity index (χ0n) is 11.4. The average molecular weight is 250 g/mol. The number of nitrogens with one attached hydrogen (secondary N) is 1. The second kappa shape index (κ2) is 7.69. The lowest BCUT2D eigenvalue weighted by atomic mass is 10.1. The van der Waals surface area contributed by atoms with Crippen LogP contribution in [0.1, 0.15) is 49.9 Å². The Kier molecular flexibility index (Phi) is 6.19. The van der Waals surface area contributed by atoms with E-state index in [0.29, 0.717) is 17.4 Å². The molecule has 0 aliphatic heterocycles. The standard InChI is InChI=1S/C14H22N2O2/c1-4-5-6-8-11(2)16-13-12(14(17)18-3)9-7-10-15-13/h7,9-11H,4-6,8H2,1-3H3,(H,15,16). The minimum absolute atomic E-state index is 0.301. The number of unbranched alkanes of at least 4 members (excludes halogenated alkanes) is 2. The first kappa shape index (κ1) is 14.5. The van der Waals surface area contributed by atoms with Crippen LogP contribution in [0.3, 0.4) is 0 Å². The van der Waals surface area contributed by atoms with E-state index in [1.54, 1.807) is 18.3 Å². The van der Waals surface area contributed by atoms with Crippen molar-refractivity contribution in [3.8, 4) is 0 Å². The molecule has 0 aliphatic carbocycles. The van der Waals surface area contributed by atoms with E-state index in [1.165, 1.54) is 26.4 Å². The van der Waals surface area contributed by atoms with Crippen molar-refractivity contribution in [2.45, 2.75) is 45.6 Å². The van der Waals surface area contributed by atoms with Crippen LogP contribution in [0.5, 0.6) is 0 Å². The van der Waals surface area contributed by atoms with Gasteiger partial charge < -0.3 is 10.1 Å². The van der Waals surface area contributed by atoms with Crippen molar-refractivity contribution in [3.63, 3.8) is 0 Å². The van der Waals surface area contributed by atoms with Crippen LogP contribution in [0.25, 0.3) is 0 Å². The zero-order chi connectivity index (χ0) is 13.4. The smallest absolute Gasteiger partial charge is 0.341 e. The van der Waals surface area contributed by atoms with E-state index >= 15 is 0 Å². The van der Waals surface area contributed by atoms with Gasteiger partial charge in [0.1, 0.15) is 11.4 Å².